The molecule has 0 heterocycles. The molecule has 0 atom stereocenters. The first kappa shape index (κ1) is 12.9. The van der Waals surface area contributed by atoms with E-state index in [4.69, 9.17) is 0 Å². The smallest absolute Gasteiger partial charge is 1.00 e. The summed E-state index contributed by atoms with van der Waals surface area (Å²) in [6.45, 7) is 2.26. The Labute approximate surface area is 84.7 Å². The average Bonchev–Trinajstić information content (AvgIpc) is 2.14. The van der Waals surface area contributed by atoms with E-state index in [1.807, 2.05) is 0 Å². The fourth-order valence-corrected chi connectivity index (χ4v) is 1.23. The van der Waals surface area contributed by atoms with Crippen LogP contribution >= 0.6 is 0 Å². The summed E-state index contributed by atoms with van der Waals surface area (Å²) in [6, 6.07) is 0. The van der Waals surface area contributed by atoms with E-state index >= 15 is 0 Å². The summed E-state index contributed by atoms with van der Waals surface area (Å²) >= 11 is 0. The van der Waals surface area contributed by atoms with Gasteiger partial charge in [0.2, 0.25) is 0 Å². The molecule has 2 heteroatoms. The molecule has 9 heavy (non-hydrogen) atoms. The minimum Gasteiger partial charge on any atom is -1.00 e. The zero-order valence-electron chi connectivity index (χ0n) is 6.12. The van der Waals surface area contributed by atoms with Crippen LogP contribution in [0.5, 0.6) is 0 Å². The van der Waals surface area contributed by atoms with Gasteiger partial charge in [-0.05, 0) is 0 Å². The van der Waals surface area contributed by atoms with Crippen molar-refractivity contribution in [1.29, 1.82) is 0 Å². The Hall–Kier alpha value is 1.25. The normalized spacial score (nSPS) is 18.3. The number of rotatable bonds is 1. The van der Waals surface area contributed by atoms with Crippen LogP contribution in [-0.4, -0.2) is 23.1 Å². The van der Waals surface area contributed by atoms with E-state index in [0.29, 0.717) is 0 Å². The predicted molar refractivity (Wildman–Crippen MR) is 37.8 cm³/mol. The number of hydrogen-bond acceptors (Lipinski definition) is 0. The third-order valence-electron chi connectivity index (χ3n) is 1.81. The Morgan fingerprint density at radius 2 is 1.67 bits per heavy atom. The summed E-state index contributed by atoms with van der Waals surface area (Å²) in [7, 11) is 0. The molecule has 1 aliphatic rings. The Balaban J connectivity index is 0. The molecule has 1 rings (SSSR count). The maximum atomic E-state index is 2.26. The Kier molecular flexibility index (Phi) is 10.5. The standard InChI is InChI=1S/C7H13.BrH.Mg/c1-2-7-5-3-4-6-7;;/h2-6H2,1H3;1H;/q-1;;+2/p-1. The van der Waals surface area contributed by atoms with Crippen LogP contribution in [0, 0.1) is 5.92 Å². The summed E-state index contributed by atoms with van der Waals surface area (Å²) in [6.07, 6.45) is 7.11. The molecule has 1 aliphatic carbocycles. The summed E-state index contributed by atoms with van der Waals surface area (Å²) in [5, 5.41) is 0. The van der Waals surface area contributed by atoms with Gasteiger partial charge in [0.1, 0.15) is 0 Å². The van der Waals surface area contributed by atoms with Crippen molar-refractivity contribution in [2.24, 2.45) is 0 Å². The quantitative estimate of drug-likeness (QED) is 0.384. The zero-order chi connectivity index (χ0) is 5.11. The first-order chi connectivity index (χ1) is 3.43. The van der Waals surface area contributed by atoms with Gasteiger partial charge < -0.3 is 22.9 Å². The van der Waals surface area contributed by atoms with E-state index in [1.54, 1.807) is 5.92 Å². The van der Waals surface area contributed by atoms with E-state index in [1.165, 1.54) is 32.1 Å². The topological polar surface area (TPSA) is 0 Å². The number of halogens is 1. The van der Waals surface area contributed by atoms with Crippen LogP contribution in [0.25, 0.3) is 0 Å². The molecule has 0 nitrogen and oxygen atoms in total. The van der Waals surface area contributed by atoms with Gasteiger partial charge in [0.25, 0.3) is 0 Å². The Bertz CT molecular complexity index is 50.9. The van der Waals surface area contributed by atoms with E-state index in [-0.39, 0.29) is 40.0 Å². The Morgan fingerprint density at radius 1 is 1.22 bits per heavy atom. The third-order valence-corrected chi connectivity index (χ3v) is 1.81. The van der Waals surface area contributed by atoms with Crippen LogP contribution < -0.4 is 17.0 Å². The first-order valence-electron chi connectivity index (χ1n) is 3.27. The van der Waals surface area contributed by atoms with Crippen molar-refractivity contribution >= 4 is 23.1 Å². The molecule has 0 aliphatic heterocycles. The molecule has 0 aromatic heterocycles. The summed E-state index contributed by atoms with van der Waals surface area (Å²) < 4.78 is 0. The molecule has 1 saturated carbocycles. The third kappa shape index (κ3) is 4.62. The Morgan fingerprint density at radius 3 is 1.89 bits per heavy atom. The van der Waals surface area contributed by atoms with E-state index in [0.717, 1.165) is 0 Å². The molecule has 0 saturated heterocycles. The van der Waals surface area contributed by atoms with Gasteiger partial charge >= 0.3 is 23.1 Å². The van der Waals surface area contributed by atoms with Gasteiger partial charge in [-0.1, -0.05) is 19.8 Å². The second-order valence-electron chi connectivity index (χ2n) is 2.31. The van der Waals surface area contributed by atoms with E-state index in [2.05, 4.69) is 6.92 Å². The fourth-order valence-electron chi connectivity index (χ4n) is 1.23. The molecule has 1 fully saturated rings. The molecule has 0 aromatic rings. The SMILES string of the molecule is CC[C-]1CCCC1.[Br-].[Mg+2]. The molecule has 0 bridgehead atoms. The molecule has 0 N–H and O–H groups in total. The molecular formula is C7H13BrMg. The maximum absolute atomic E-state index is 2.26. The molecule has 0 unspecified atom stereocenters. The average molecular weight is 201 g/mol. The van der Waals surface area contributed by atoms with Crippen LogP contribution in [0.4, 0.5) is 0 Å². The van der Waals surface area contributed by atoms with Crippen LogP contribution in [-0.2, 0) is 0 Å². The first-order valence-corrected chi connectivity index (χ1v) is 3.27. The zero-order valence-corrected chi connectivity index (χ0v) is 9.12. The van der Waals surface area contributed by atoms with Gasteiger partial charge in [0.15, 0.2) is 0 Å². The predicted octanol–water partition coefficient (Wildman–Crippen LogP) is -0.832. The van der Waals surface area contributed by atoms with Crippen LogP contribution in [0.2, 0.25) is 0 Å². The summed E-state index contributed by atoms with van der Waals surface area (Å²) in [5.74, 6) is 1.79. The van der Waals surface area contributed by atoms with Gasteiger partial charge in [-0.25, -0.2) is 0 Å². The van der Waals surface area contributed by atoms with Gasteiger partial charge in [-0.2, -0.15) is 19.3 Å². The maximum Gasteiger partial charge on any atom is 2.00 e. The van der Waals surface area contributed by atoms with Crippen molar-refractivity contribution in [3.05, 3.63) is 5.92 Å². The van der Waals surface area contributed by atoms with Crippen LogP contribution in [0.1, 0.15) is 39.0 Å². The molecular weight excluding hydrogens is 188 g/mol. The minimum atomic E-state index is 0. The second-order valence-corrected chi connectivity index (χ2v) is 2.31. The van der Waals surface area contributed by atoms with Gasteiger partial charge in [-0.3, -0.25) is 0 Å². The van der Waals surface area contributed by atoms with Crippen molar-refractivity contribution in [2.75, 3.05) is 0 Å². The van der Waals surface area contributed by atoms with Crippen LogP contribution in [0.15, 0.2) is 0 Å². The molecule has 0 aromatic carbocycles. The largest absolute Gasteiger partial charge is 2.00 e. The fraction of sp³-hybridized carbons (Fsp3) is 0.857. The van der Waals surface area contributed by atoms with E-state index < -0.39 is 0 Å². The van der Waals surface area contributed by atoms with Crippen molar-refractivity contribution in [1.82, 2.24) is 0 Å². The summed E-state index contributed by atoms with van der Waals surface area (Å²) in [4.78, 5) is 0. The van der Waals surface area contributed by atoms with Gasteiger partial charge in [0, 0.05) is 0 Å². The molecule has 0 radical (unpaired) electrons. The van der Waals surface area contributed by atoms with E-state index in [9.17, 15) is 0 Å². The number of hydrogen-bond donors (Lipinski definition) is 0. The van der Waals surface area contributed by atoms with Crippen LogP contribution in [0.3, 0.4) is 0 Å². The summed E-state index contributed by atoms with van der Waals surface area (Å²) in [5.41, 5.74) is 0. The van der Waals surface area contributed by atoms with Gasteiger partial charge in [0.05, 0.1) is 0 Å². The van der Waals surface area contributed by atoms with Crippen molar-refractivity contribution in [3.8, 4) is 0 Å². The molecule has 0 amide bonds. The molecule has 0 spiro atoms. The van der Waals surface area contributed by atoms with Gasteiger partial charge in [-0.15, -0.1) is 0 Å². The van der Waals surface area contributed by atoms with Crippen molar-refractivity contribution < 1.29 is 17.0 Å². The van der Waals surface area contributed by atoms with Crippen molar-refractivity contribution in [3.63, 3.8) is 0 Å². The molecule has 50 valence electrons. The monoisotopic (exact) mass is 200 g/mol. The minimum absolute atomic E-state index is 0. The second kappa shape index (κ2) is 7.35. The van der Waals surface area contributed by atoms with Crippen molar-refractivity contribution in [2.45, 2.75) is 39.0 Å².